The van der Waals surface area contributed by atoms with Gasteiger partial charge < -0.3 is 0 Å². The number of fused-ring (bicyclic) bond motifs is 1. The highest BCUT2D eigenvalue weighted by Gasteiger charge is 2.11. The van der Waals surface area contributed by atoms with Crippen LogP contribution in [0.25, 0.3) is 10.9 Å². The number of nitrogens with one attached hydrogen (secondary N) is 1. The number of benzene rings is 1. The molecule has 0 aliphatic heterocycles. The van der Waals surface area contributed by atoms with Crippen LogP contribution < -0.4 is 16.8 Å². The number of carbonyl (C=O) groups excluding carboxylic acids is 1. The Morgan fingerprint density at radius 3 is 2.94 bits per heavy atom. The molecule has 0 unspecified atom stereocenters. The van der Waals surface area contributed by atoms with E-state index >= 15 is 0 Å². The van der Waals surface area contributed by atoms with Gasteiger partial charge in [-0.2, -0.15) is 0 Å². The normalized spacial score (nSPS) is 10.6. The second kappa shape index (κ2) is 4.75. The number of aromatic nitrogens is 2. The number of nitrogens with two attached hydrogens (primary N) is 1. The summed E-state index contributed by atoms with van der Waals surface area (Å²) in [5, 5.41) is 0.818. The molecule has 2 aromatic rings. The quantitative estimate of drug-likeness (QED) is 0.466. The zero-order chi connectivity index (χ0) is 13.3. The standard InChI is InChI=1S/C11H11ClN4O2/c1-6-14-9-3-2-7(12)4-8(9)11(18)16(6)5-10(17)15-13/h2-4H,5,13H2,1H3,(H,15,17). The summed E-state index contributed by atoms with van der Waals surface area (Å²) in [5.41, 5.74) is 2.21. The van der Waals surface area contributed by atoms with E-state index in [1.54, 1.807) is 19.1 Å². The van der Waals surface area contributed by atoms with Gasteiger partial charge in [-0.25, -0.2) is 10.8 Å². The molecule has 1 amide bonds. The van der Waals surface area contributed by atoms with Crippen molar-refractivity contribution in [1.82, 2.24) is 15.0 Å². The first-order valence-corrected chi connectivity index (χ1v) is 5.57. The Kier molecular flexibility index (Phi) is 3.31. The number of carbonyl (C=O) groups is 1. The fourth-order valence-corrected chi connectivity index (χ4v) is 1.85. The van der Waals surface area contributed by atoms with Crippen molar-refractivity contribution in [2.75, 3.05) is 0 Å². The summed E-state index contributed by atoms with van der Waals surface area (Å²) < 4.78 is 1.25. The van der Waals surface area contributed by atoms with E-state index in [1.165, 1.54) is 10.6 Å². The van der Waals surface area contributed by atoms with Crippen LogP contribution in [0.4, 0.5) is 0 Å². The molecule has 0 aliphatic carbocycles. The zero-order valence-corrected chi connectivity index (χ0v) is 10.4. The molecular formula is C11H11ClN4O2. The van der Waals surface area contributed by atoms with Gasteiger partial charge in [0.1, 0.15) is 12.4 Å². The number of hydrogen-bond acceptors (Lipinski definition) is 4. The summed E-state index contributed by atoms with van der Waals surface area (Å²) >= 11 is 5.84. The molecule has 0 spiro atoms. The van der Waals surface area contributed by atoms with Crippen LogP contribution in [0.15, 0.2) is 23.0 Å². The molecule has 18 heavy (non-hydrogen) atoms. The minimum absolute atomic E-state index is 0.170. The first kappa shape index (κ1) is 12.5. The van der Waals surface area contributed by atoms with Crippen LogP contribution in [0.1, 0.15) is 5.82 Å². The predicted molar refractivity (Wildman–Crippen MR) is 68.1 cm³/mol. The van der Waals surface area contributed by atoms with E-state index in [0.717, 1.165) is 0 Å². The topological polar surface area (TPSA) is 90.0 Å². The zero-order valence-electron chi connectivity index (χ0n) is 9.61. The highest BCUT2D eigenvalue weighted by atomic mass is 35.5. The molecule has 1 aromatic carbocycles. The summed E-state index contributed by atoms with van der Waals surface area (Å²) in [6, 6.07) is 4.86. The number of rotatable bonds is 2. The van der Waals surface area contributed by atoms with Crippen molar-refractivity contribution in [2.24, 2.45) is 5.84 Å². The van der Waals surface area contributed by atoms with Crippen molar-refractivity contribution in [1.29, 1.82) is 0 Å². The lowest BCUT2D eigenvalue weighted by molar-refractivity contribution is -0.121. The van der Waals surface area contributed by atoms with E-state index in [0.29, 0.717) is 21.7 Å². The first-order chi connectivity index (χ1) is 8.52. The summed E-state index contributed by atoms with van der Waals surface area (Å²) in [6.07, 6.45) is 0. The molecule has 0 fully saturated rings. The fourth-order valence-electron chi connectivity index (χ4n) is 1.68. The summed E-state index contributed by atoms with van der Waals surface area (Å²) in [4.78, 5) is 27.7. The monoisotopic (exact) mass is 266 g/mol. The van der Waals surface area contributed by atoms with Gasteiger partial charge in [0.05, 0.1) is 10.9 Å². The fraction of sp³-hybridized carbons (Fsp3) is 0.182. The molecule has 7 heteroatoms. The Labute approximate surface area is 107 Å². The number of halogens is 1. The maximum absolute atomic E-state index is 12.2. The average molecular weight is 267 g/mol. The SMILES string of the molecule is Cc1nc2ccc(Cl)cc2c(=O)n1CC(=O)NN. The minimum atomic E-state index is -0.469. The molecule has 6 nitrogen and oxygen atoms in total. The Bertz CT molecular complexity index is 681. The molecule has 3 N–H and O–H groups in total. The van der Waals surface area contributed by atoms with Crippen LogP contribution in [0.2, 0.25) is 5.02 Å². The van der Waals surface area contributed by atoms with Crippen molar-refractivity contribution < 1.29 is 4.79 Å². The van der Waals surface area contributed by atoms with Crippen LogP contribution >= 0.6 is 11.6 Å². The van der Waals surface area contributed by atoms with Crippen LogP contribution in [0, 0.1) is 6.92 Å². The molecule has 1 heterocycles. The van der Waals surface area contributed by atoms with Crippen molar-refractivity contribution in [3.8, 4) is 0 Å². The number of hydrogen-bond donors (Lipinski definition) is 2. The number of amides is 1. The van der Waals surface area contributed by atoms with Crippen LogP contribution in [0.5, 0.6) is 0 Å². The highest BCUT2D eigenvalue weighted by molar-refractivity contribution is 6.31. The maximum Gasteiger partial charge on any atom is 0.261 e. The lowest BCUT2D eigenvalue weighted by atomic mass is 10.2. The largest absolute Gasteiger partial charge is 0.293 e. The van der Waals surface area contributed by atoms with Crippen molar-refractivity contribution in [2.45, 2.75) is 13.5 Å². The molecule has 0 saturated heterocycles. The third kappa shape index (κ3) is 2.20. The van der Waals surface area contributed by atoms with Crippen molar-refractivity contribution in [3.63, 3.8) is 0 Å². The van der Waals surface area contributed by atoms with Gasteiger partial charge in [-0.15, -0.1) is 0 Å². The van der Waals surface area contributed by atoms with Gasteiger partial charge in [0, 0.05) is 5.02 Å². The lowest BCUT2D eigenvalue weighted by Crippen LogP contribution is -2.37. The maximum atomic E-state index is 12.2. The van der Waals surface area contributed by atoms with Crippen molar-refractivity contribution >= 4 is 28.4 Å². The predicted octanol–water partition coefficient (Wildman–Crippen LogP) is 0.348. The molecule has 1 aromatic heterocycles. The van der Waals surface area contributed by atoms with Gasteiger partial charge >= 0.3 is 0 Å². The van der Waals surface area contributed by atoms with Crippen LogP contribution in [-0.4, -0.2) is 15.5 Å². The summed E-state index contributed by atoms with van der Waals surface area (Å²) in [6.45, 7) is 1.48. The van der Waals surface area contributed by atoms with E-state index in [2.05, 4.69) is 4.98 Å². The Balaban J connectivity index is 2.67. The smallest absolute Gasteiger partial charge is 0.261 e. The Hall–Kier alpha value is -1.92. The second-order valence-corrected chi connectivity index (χ2v) is 4.22. The van der Waals surface area contributed by atoms with Gasteiger partial charge in [0.25, 0.3) is 11.5 Å². The molecule has 0 radical (unpaired) electrons. The molecule has 94 valence electrons. The molecule has 0 bridgehead atoms. The summed E-state index contributed by atoms with van der Waals surface area (Å²) in [7, 11) is 0. The van der Waals surface area contributed by atoms with E-state index < -0.39 is 5.91 Å². The number of hydrazine groups is 1. The van der Waals surface area contributed by atoms with Crippen LogP contribution in [-0.2, 0) is 11.3 Å². The van der Waals surface area contributed by atoms with E-state index in [-0.39, 0.29) is 12.1 Å². The highest BCUT2D eigenvalue weighted by Crippen LogP contribution is 2.15. The van der Waals surface area contributed by atoms with Crippen molar-refractivity contribution in [3.05, 3.63) is 39.4 Å². The molecule has 0 aliphatic rings. The van der Waals surface area contributed by atoms with Gasteiger partial charge in [-0.3, -0.25) is 19.6 Å². The summed E-state index contributed by atoms with van der Waals surface area (Å²) in [5.74, 6) is 4.97. The number of nitrogens with zero attached hydrogens (tertiary/aromatic N) is 2. The molecule has 2 rings (SSSR count). The molecular weight excluding hydrogens is 256 g/mol. The van der Waals surface area contributed by atoms with E-state index in [4.69, 9.17) is 17.4 Å². The van der Waals surface area contributed by atoms with E-state index in [1.807, 2.05) is 5.43 Å². The lowest BCUT2D eigenvalue weighted by Gasteiger charge is -2.09. The average Bonchev–Trinajstić information content (AvgIpc) is 2.35. The Morgan fingerprint density at radius 1 is 1.56 bits per heavy atom. The van der Waals surface area contributed by atoms with Gasteiger partial charge in [-0.05, 0) is 25.1 Å². The number of aryl methyl sites for hydroxylation is 1. The first-order valence-electron chi connectivity index (χ1n) is 5.19. The molecule has 0 atom stereocenters. The molecule has 0 saturated carbocycles. The van der Waals surface area contributed by atoms with Gasteiger partial charge in [0.2, 0.25) is 0 Å². The van der Waals surface area contributed by atoms with Gasteiger partial charge in [0.15, 0.2) is 0 Å². The minimum Gasteiger partial charge on any atom is -0.293 e. The third-order valence-electron chi connectivity index (χ3n) is 2.57. The second-order valence-electron chi connectivity index (χ2n) is 3.78. The Morgan fingerprint density at radius 2 is 2.28 bits per heavy atom. The van der Waals surface area contributed by atoms with Crippen LogP contribution in [0.3, 0.4) is 0 Å². The third-order valence-corrected chi connectivity index (χ3v) is 2.80. The van der Waals surface area contributed by atoms with Gasteiger partial charge in [-0.1, -0.05) is 11.6 Å². The van der Waals surface area contributed by atoms with E-state index in [9.17, 15) is 9.59 Å².